The van der Waals surface area contributed by atoms with Crippen LogP contribution in [0.5, 0.6) is 0 Å². The Balaban J connectivity index is 2.26. The number of rotatable bonds is 3. The van der Waals surface area contributed by atoms with E-state index in [1.165, 1.54) is 5.56 Å². The first-order valence-electron chi connectivity index (χ1n) is 6.69. The number of amides is 1. The van der Waals surface area contributed by atoms with Crippen molar-refractivity contribution in [1.29, 1.82) is 0 Å². The number of anilines is 2. The van der Waals surface area contributed by atoms with Gasteiger partial charge < -0.3 is 10.6 Å². The second-order valence-corrected chi connectivity index (χ2v) is 4.98. The Kier molecular flexibility index (Phi) is 4.08. The molecule has 0 saturated carbocycles. The Morgan fingerprint density at radius 3 is 2.40 bits per heavy atom. The molecule has 2 aromatic rings. The van der Waals surface area contributed by atoms with Gasteiger partial charge in [-0.25, -0.2) is 0 Å². The van der Waals surface area contributed by atoms with E-state index < -0.39 is 0 Å². The molecule has 2 rings (SSSR count). The molecule has 0 heterocycles. The van der Waals surface area contributed by atoms with Gasteiger partial charge >= 0.3 is 0 Å². The molecule has 3 heteroatoms. The van der Waals surface area contributed by atoms with E-state index in [4.69, 9.17) is 0 Å². The molecule has 0 atom stereocenters. The summed E-state index contributed by atoms with van der Waals surface area (Å²) in [5, 5.41) is 6.05. The summed E-state index contributed by atoms with van der Waals surface area (Å²) in [7, 11) is 1.87. The lowest BCUT2D eigenvalue weighted by molar-refractivity contribution is 0.102. The Morgan fingerprint density at radius 2 is 1.75 bits per heavy atom. The van der Waals surface area contributed by atoms with Gasteiger partial charge in [-0.2, -0.15) is 0 Å². The third-order valence-electron chi connectivity index (χ3n) is 3.61. The van der Waals surface area contributed by atoms with Crippen molar-refractivity contribution in [1.82, 2.24) is 0 Å². The van der Waals surface area contributed by atoms with Gasteiger partial charge in [0.2, 0.25) is 0 Å². The highest BCUT2D eigenvalue weighted by molar-refractivity contribution is 6.05. The van der Waals surface area contributed by atoms with E-state index >= 15 is 0 Å². The molecule has 0 aliphatic carbocycles. The SMILES string of the molecule is CNc1ccc(C(=O)Nc2cccc(C)c2C)c(C)c1. The van der Waals surface area contributed by atoms with E-state index in [1.54, 1.807) is 0 Å². The van der Waals surface area contributed by atoms with Crippen LogP contribution < -0.4 is 10.6 Å². The normalized spacial score (nSPS) is 10.2. The fourth-order valence-electron chi connectivity index (χ4n) is 2.15. The predicted molar refractivity (Wildman–Crippen MR) is 84.6 cm³/mol. The van der Waals surface area contributed by atoms with Gasteiger partial charge in [0.05, 0.1) is 0 Å². The molecule has 104 valence electrons. The summed E-state index contributed by atoms with van der Waals surface area (Å²) in [6.07, 6.45) is 0. The lowest BCUT2D eigenvalue weighted by atomic mass is 10.1. The van der Waals surface area contributed by atoms with Gasteiger partial charge in [-0.15, -0.1) is 0 Å². The van der Waals surface area contributed by atoms with Crippen molar-refractivity contribution < 1.29 is 4.79 Å². The van der Waals surface area contributed by atoms with Crippen LogP contribution >= 0.6 is 0 Å². The molecule has 2 N–H and O–H groups in total. The van der Waals surface area contributed by atoms with Crippen molar-refractivity contribution in [2.24, 2.45) is 0 Å². The molecular formula is C17H20N2O. The number of aryl methyl sites for hydroxylation is 2. The summed E-state index contributed by atoms with van der Waals surface area (Å²) < 4.78 is 0. The van der Waals surface area contributed by atoms with Crippen LogP contribution in [0.15, 0.2) is 36.4 Å². The van der Waals surface area contributed by atoms with Crippen molar-refractivity contribution in [2.45, 2.75) is 20.8 Å². The standard InChI is InChI=1S/C17H20N2O/c1-11-6-5-7-16(13(11)3)19-17(20)15-9-8-14(18-4)10-12(15)2/h5-10,18H,1-4H3,(H,19,20). The van der Waals surface area contributed by atoms with Gasteiger partial charge in [0.1, 0.15) is 0 Å². The molecule has 0 radical (unpaired) electrons. The number of nitrogens with one attached hydrogen (secondary N) is 2. The molecular weight excluding hydrogens is 248 g/mol. The highest BCUT2D eigenvalue weighted by atomic mass is 16.1. The second-order valence-electron chi connectivity index (χ2n) is 4.98. The van der Waals surface area contributed by atoms with Crippen LogP contribution in [0.3, 0.4) is 0 Å². The summed E-state index contributed by atoms with van der Waals surface area (Å²) in [6, 6.07) is 11.6. The first kappa shape index (κ1) is 14.1. The van der Waals surface area contributed by atoms with Crippen LogP contribution in [0, 0.1) is 20.8 Å². The molecule has 0 aromatic heterocycles. The van der Waals surface area contributed by atoms with Crippen molar-refractivity contribution in [3.63, 3.8) is 0 Å². The van der Waals surface area contributed by atoms with E-state index in [0.29, 0.717) is 5.56 Å². The number of carbonyl (C=O) groups excluding carboxylic acids is 1. The summed E-state index contributed by atoms with van der Waals surface area (Å²) in [4.78, 5) is 12.4. The van der Waals surface area contributed by atoms with E-state index in [9.17, 15) is 4.79 Å². The quantitative estimate of drug-likeness (QED) is 0.886. The molecule has 0 saturated heterocycles. The fraction of sp³-hybridized carbons (Fsp3) is 0.235. The average molecular weight is 268 g/mol. The minimum Gasteiger partial charge on any atom is -0.388 e. The largest absolute Gasteiger partial charge is 0.388 e. The van der Waals surface area contributed by atoms with Gasteiger partial charge in [-0.3, -0.25) is 4.79 Å². The number of carbonyl (C=O) groups is 1. The van der Waals surface area contributed by atoms with Crippen molar-refractivity contribution in [2.75, 3.05) is 17.7 Å². The molecule has 1 amide bonds. The predicted octanol–water partition coefficient (Wildman–Crippen LogP) is 3.91. The summed E-state index contributed by atoms with van der Waals surface area (Å²) in [5.41, 5.74) is 5.80. The summed E-state index contributed by atoms with van der Waals surface area (Å²) in [5.74, 6) is -0.0705. The first-order chi connectivity index (χ1) is 9.52. The van der Waals surface area contributed by atoms with Crippen LogP contribution in [0.25, 0.3) is 0 Å². The number of hydrogen-bond donors (Lipinski definition) is 2. The molecule has 2 aromatic carbocycles. The Labute approximate surface area is 120 Å². The topological polar surface area (TPSA) is 41.1 Å². The maximum absolute atomic E-state index is 12.4. The zero-order valence-corrected chi connectivity index (χ0v) is 12.4. The highest BCUT2D eigenvalue weighted by Crippen LogP contribution is 2.20. The highest BCUT2D eigenvalue weighted by Gasteiger charge is 2.11. The lowest BCUT2D eigenvalue weighted by Gasteiger charge is -2.12. The van der Waals surface area contributed by atoms with E-state index in [2.05, 4.69) is 10.6 Å². The fourth-order valence-corrected chi connectivity index (χ4v) is 2.15. The zero-order valence-electron chi connectivity index (χ0n) is 12.4. The van der Waals surface area contributed by atoms with Gasteiger partial charge in [-0.1, -0.05) is 12.1 Å². The van der Waals surface area contributed by atoms with Crippen molar-refractivity contribution in [3.05, 3.63) is 58.7 Å². The monoisotopic (exact) mass is 268 g/mol. The van der Waals surface area contributed by atoms with Crippen LogP contribution in [0.1, 0.15) is 27.0 Å². The maximum Gasteiger partial charge on any atom is 0.255 e. The molecule has 0 aliphatic rings. The first-order valence-corrected chi connectivity index (χ1v) is 6.69. The van der Waals surface area contributed by atoms with E-state index in [-0.39, 0.29) is 5.91 Å². The molecule has 0 spiro atoms. The Hall–Kier alpha value is -2.29. The van der Waals surface area contributed by atoms with Crippen LogP contribution in [-0.4, -0.2) is 13.0 Å². The van der Waals surface area contributed by atoms with Crippen molar-refractivity contribution in [3.8, 4) is 0 Å². The molecule has 0 aliphatic heterocycles. The third-order valence-corrected chi connectivity index (χ3v) is 3.61. The van der Waals surface area contributed by atoms with Gasteiger partial charge in [0.15, 0.2) is 0 Å². The molecule has 20 heavy (non-hydrogen) atoms. The van der Waals surface area contributed by atoms with E-state index in [0.717, 1.165) is 22.5 Å². The Bertz CT molecular complexity index is 647. The number of benzene rings is 2. The molecule has 3 nitrogen and oxygen atoms in total. The minimum absolute atomic E-state index is 0.0705. The van der Waals surface area contributed by atoms with Crippen molar-refractivity contribution >= 4 is 17.3 Å². The van der Waals surface area contributed by atoms with Crippen LogP contribution in [0.2, 0.25) is 0 Å². The van der Waals surface area contributed by atoms with Crippen LogP contribution in [0.4, 0.5) is 11.4 Å². The average Bonchev–Trinajstić information content (AvgIpc) is 2.43. The molecule has 0 fully saturated rings. The van der Waals surface area contributed by atoms with Crippen LogP contribution in [-0.2, 0) is 0 Å². The third kappa shape index (κ3) is 2.82. The molecule has 0 bridgehead atoms. The number of hydrogen-bond acceptors (Lipinski definition) is 2. The maximum atomic E-state index is 12.4. The minimum atomic E-state index is -0.0705. The Morgan fingerprint density at radius 1 is 1.00 bits per heavy atom. The summed E-state index contributed by atoms with van der Waals surface area (Å²) >= 11 is 0. The zero-order chi connectivity index (χ0) is 14.7. The van der Waals surface area contributed by atoms with E-state index in [1.807, 2.05) is 64.2 Å². The van der Waals surface area contributed by atoms with Gasteiger partial charge in [0, 0.05) is 24.0 Å². The molecule has 0 unspecified atom stereocenters. The van der Waals surface area contributed by atoms with Gasteiger partial charge in [0.25, 0.3) is 5.91 Å². The second kappa shape index (κ2) is 5.78. The summed E-state index contributed by atoms with van der Waals surface area (Å²) in [6.45, 7) is 6.00. The lowest BCUT2D eigenvalue weighted by Crippen LogP contribution is -2.14. The van der Waals surface area contributed by atoms with Gasteiger partial charge in [-0.05, 0) is 61.7 Å². The smallest absolute Gasteiger partial charge is 0.255 e.